The number of rotatable bonds is 2. The maximum Gasteiger partial charge on any atom is 0.254 e. The molecule has 126 valence electrons. The van der Waals surface area contributed by atoms with Gasteiger partial charge in [-0.05, 0) is 37.7 Å². The Morgan fingerprint density at radius 3 is 2.76 bits per heavy atom. The number of aromatic nitrogens is 2. The van der Waals surface area contributed by atoms with E-state index in [-0.39, 0.29) is 5.91 Å². The molecule has 0 saturated carbocycles. The van der Waals surface area contributed by atoms with Gasteiger partial charge in [0.05, 0.1) is 17.4 Å². The minimum Gasteiger partial charge on any atom is -0.333 e. The van der Waals surface area contributed by atoms with Crippen molar-refractivity contribution < 1.29 is 4.79 Å². The average Bonchev–Trinajstić information content (AvgIpc) is 3.34. The molecule has 2 bridgehead atoms. The van der Waals surface area contributed by atoms with Crippen LogP contribution in [0.25, 0.3) is 16.6 Å². The van der Waals surface area contributed by atoms with Gasteiger partial charge in [0.2, 0.25) is 0 Å². The molecule has 2 fully saturated rings. The van der Waals surface area contributed by atoms with Crippen molar-refractivity contribution in [1.82, 2.24) is 19.6 Å². The number of amides is 1. The summed E-state index contributed by atoms with van der Waals surface area (Å²) in [5, 5.41) is 5.59. The van der Waals surface area contributed by atoms with Gasteiger partial charge in [-0.15, -0.1) is 0 Å². The molecule has 2 atom stereocenters. The van der Waals surface area contributed by atoms with E-state index in [2.05, 4.69) is 17.0 Å². The second-order valence-electron chi connectivity index (χ2n) is 7.11. The van der Waals surface area contributed by atoms with Crippen LogP contribution in [-0.2, 0) is 0 Å². The highest BCUT2D eigenvalue weighted by atomic mass is 16.2. The zero-order chi connectivity index (χ0) is 17.0. The smallest absolute Gasteiger partial charge is 0.254 e. The predicted octanol–water partition coefficient (Wildman–Crippen LogP) is 2.55. The standard InChI is InChI=1S/C20H20N4O/c1-22-12-18-10-17(22)13-23(18)20(25)14-6-4-7-16(9-14)24-19-8-3-2-5-15(19)11-21-24/h2-9,11,17-18H,10,12-13H2,1H3. The Hall–Kier alpha value is -2.66. The first-order valence-corrected chi connectivity index (χ1v) is 8.75. The lowest BCUT2D eigenvalue weighted by Gasteiger charge is -2.32. The van der Waals surface area contributed by atoms with Gasteiger partial charge in [0.25, 0.3) is 5.91 Å². The van der Waals surface area contributed by atoms with E-state index in [4.69, 9.17) is 0 Å². The molecule has 2 unspecified atom stereocenters. The summed E-state index contributed by atoms with van der Waals surface area (Å²) < 4.78 is 1.90. The molecule has 2 aliphatic rings. The second kappa shape index (κ2) is 5.43. The number of nitrogens with zero attached hydrogens (tertiary/aromatic N) is 4. The summed E-state index contributed by atoms with van der Waals surface area (Å²) >= 11 is 0. The molecule has 1 amide bonds. The lowest BCUT2D eigenvalue weighted by Crippen LogP contribution is -2.47. The number of likely N-dealkylation sites (tertiary alicyclic amines) is 2. The van der Waals surface area contributed by atoms with E-state index in [0.717, 1.165) is 41.7 Å². The van der Waals surface area contributed by atoms with Crippen LogP contribution >= 0.6 is 0 Å². The quantitative estimate of drug-likeness (QED) is 0.724. The third-order valence-electron chi connectivity index (χ3n) is 5.59. The minimum atomic E-state index is 0.138. The van der Waals surface area contributed by atoms with Crippen molar-refractivity contribution >= 4 is 16.8 Å². The number of fused-ring (bicyclic) bond motifs is 3. The predicted molar refractivity (Wildman–Crippen MR) is 96.9 cm³/mol. The zero-order valence-corrected chi connectivity index (χ0v) is 14.2. The molecular weight excluding hydrogens is 312 g/mol. The van der Waals surface area contributed by atoms with Gasteiger partial charge in [-0.1, -0.05) is 24.3 Å². The molecule has 3 aromatic rings. The molecule has 5 nitrogen and oxygen atoms in total. The van der Waals surface area contributed by atoms with E-state index in [1.54, 1.807) is 0 Å². The van der Waals surface area contributed by atoms with Crippen molar-refractivity contribution in [3.63, 3.8) is 0 Å². The molecule has 1 aromatic heterocycles. The van der Waals surface area contributed by atoms with Gasteiger partial charge in [-0.25, -0.2) is 4.68 Å². The molecule has 0 aliphatic carbocycles. The molecule has 25 heavy (non-hydrogen) atoms. The molecule has 0 radical (unpaired) electrons. The van der Waals surface area contributed by atoms with Gasteiger partial charge >= 0.3 is 0 Å². The van der Waals surface area contributed by atoms with E-state index in [1.807, 2.05) is 64.3 Å². The Morgan fingerprint density at radius 1 is 1.08 bits per heavy atom. The van der Waals surface area contributed by atoms with Gasteiger partial charge in [0.15, 0.2) is 0 Å². The highest BCUT2D eigenvalue weighted by Gasteiger charge is 2.43. The summed E-state index contributed by atoms with van der Waals surface area (Å²) in [6.45, 7) is 1.83. The fourth-order valence-corrected chi connectivity index (χ4v) is 4.23. The maximum absolute atomic E-state index is 13.0. The van der Waals surface area contributed by atoms with Crippen LogP contribution in [0.3, 0.4) is 0 Å². The number of carbonyl (C=O) groups excluding carboxylic acids is 1. The Kier molecular flexibility index (Phi) is 3.18. The van der Waals surface area contributed by atoms with Crippen molar-refractivity contribution in [3.8, 4) is 5.69 Å². The lowest BCUT2D eigenvalue weighted by atomic mass is 10.1. The summed E-state index contributed by atoms with van der Waals surface area (Å²) in [5.74, 6) is 0.138. The van der Waals surface area contributed by atoms with E-state index < -0.39 is 0 Å². The second-order valence-corrected chi connectivity index (χ2v) is 7.11. The Balaban J connectivity index is 1.48. The highest BCUT2D eigenvalue weighted by Crippen LogP contribution is 2.30. The van der Waals surface area contributed by atoms with Crippen molar-refractivity contribution in [2.75, 3.05) is 20.1 Å². The summed E-state index contributed by atoms with van der Waals surface area (Å²) in [6, 6.07) is 16.8. The average molecular weight is 332 g/mol. The molecule has 0 spiro atoms. The van der Waals surface area contributed by atoms with Crippen molar-refractivity contribution in [2.45, 2.75) is 18.5 Å². The van der Waals surface area contributed by atoms with E-state index >= 15 is 0 Å². The third-order valence-corrected chi connectivity index (χ3v) is 5.59. The van der Waals surface area contributed by atoms with Crippen LogP contribution < -0.4 is 0 Å². The molecule has 5 heteroatoms. The Morgan fingerprint density at radius 2 is 1.96 bits per heavy atom. The molecule has 2 aliphatic heterocycles. The summed E-state index contributed by atoms with van der Waals surface area (Å²) in [6.07, 6.45) is 2.96. The fraction of sp³-hybridized carbons (Fsp3) is 0.300. The fourth-order valence-electron chi connectivity index (χ4n) is 4.23. The number of likely N-dealkylation sites (N-methyl/N-ethyl adjacent to an activating group) is 1. The van der Waals surface area contributed by atoms with Gasteiger partial charge in [-0.2, -0.15) is 5.10 Å². The Bertz CT molecular complexity index is 961. The van der Waals surface area contributed by atoms with Crippen LogP contribution in [0.5, 0.6) is 0 Å². The first-order chi connectivity index (χ1) is 12.2. The SMILES string of the molecule is CN1CC2CC1CN2C(=O)c1cccc(-n2ncc3ccccc32)c1. The normalized spacial score (nSPS) is 22.8. The summed E-state index contributed by atoms with van der Waals surface area (Å²) in [7, 11) is 2.15. The molecule has 3 heterocycles. The third kappa shape index (κ3) is 2.27. The van der Waals surface area contributed by atoms with E-state index in [9.17, 15) is 4.79 Å². The first-order valence-electron chi connectivity index (χ1n) is 8.75. The van der Waals surface area contributed by atoms with E-state index in [1.165, 1.54) is 0 Å². The van der Waals surface area contributed by atoms with Crippen LogP contribution in [0.2, 0.25) is 0 Å². The summed E-state index contributed by atoms with van der Waals surface area (Å²) in [4.78, 5) is 17.4. The van der Waals surface area contributed by atoms with Gasteiger partial charge in [0, 0.05) is 36.1 Å². The van der Waals surface area contributed by atoms with Crippen LogP contribution in [-0.4, -0.2) is 57.7 Å². The maximum atomic E-state index is 13.0. The van der Waals surface area contributed by atoms with Crippen molar-refractivity contribution in [1.29, 1.82) is 0 Å². The molecular formula is C20H20N4O. The number of hydrogen-bond acceptors (Lipinski definition) is 3. The number of piperazine rings is 1. The van der Waals surface area contributed by atoms with Gasteiger partial charge < -0.3 is 4.90 Å². The topological polar surface area (TPSA) is 41.4 Å². The molecule has 5 rings (SSSR count). The Labute approximate surface area is 146 Å². The van der Waals surface area contributed by atoms with Crippen LogP contribution in [0, 0.1) is 0 Å². The van der Waals surface area contributed by atoms with Crippen LogP contribution in [0.15, 0.2) is 54.7 Å². The number of carbonyl (C=O) groups is 1. The van der Waals surface area contributed by atoms with Gasteiger partial charge in [-0.3, -0.25) is 9.69 Å². The zero-order valence-electron chi connectivity index (χ0n) is 14.2. The first kappa shape index (κ1) is 14.7. The number of hydrogen-bond donors (Lipinski definition) is 0. The van der Waals surface area contributed by atoms with Gasteiger partial charge in [0.1, 0.15) is 0 Å². The highest BCUT2D eigenvalue weighted by molar-refractivity contribution is 5.95. The monoisotopic (exact) mass is 332 g/mol. The van der Waals surface area contributed by atoms with Crippen molar-refractivity contribution in [2.24, 2.45) is 0 Å². The number of para-hydroxylation sites is 1. The van der Waals surface area contributed by atoms with Crippen molar-refractivity contribution in [3.05, 3.63) is 60.3 Å². The number of benzene rings is 2. The lowest BCUT2D eigenvalue weighted by molar-refractivity contribution is 0.0650. The molecule has 0 N–H and O–H groups in total. The summed E-state index contributed by atoms with van der Waals surface area (Å²) in [5.41, 5.74) is 2.72. The van der Waals surface area contributed by atoms with E-state index in [0.29, 0.717) is 12.1 Å². The minimum absolute atomic E-state index is 0.138. The molecule has 2 saturated heterocycles. The molecule has 2 aromatic carbocycles. The van der Waals surface area contributed by atoms with Crippen LogP contribution in [0.4, 0.5) is 0 Å². The largest absolute Gasteiger partial charge is 0.333 e. The van der Waals surface area contributed by atoms with Crippen LogP contribution in [0.1, 0.15) is 16.8 Å².